The fourth-order valence-electron chi connectivity index (χ4n) is 2.69. The zero-order chi connectivity index (χ0) is 18.5. The average Bonchev–Trinajstić information content (AvgIpc) is 2.78. The van der Waals surface area contributed by atoms with Gasteiger partial charge >= 0.3 is 5.76 Å². The zero-order valence-corrected chi connectivity index (χ0v) is 15.5. The molecule has 7 nitrogen and oxygen atoms in total. The summed E-state index contributed by atoms with van der Waals surface area (Å²) < 4.78 is 34.5. The Morgan fingerprint density at radius 3 is 2.40 bits per heavy atom. The van der Waals surface area contributed by atoms with Gasteiger partial charge in [-0.15, -0.1) is 0 Å². The lowest BCUT2D eigenvalue weighted by molar-refractivity contribution is 0.527. The van der Waals surface area contributed by atoms with Crippen LogP contribution in [0, 0.1) is 27.7 Å². The van der Waals surface area contributed by atoms with Crippen molar-refractivity contribution in [2.45, 2.75) is 32.6 Å². The van der Waals surface area contributed by atoms with E-state index in [0.29, 0.717) is 11.1 Å². The molecule has 2 aromatic heterocycles. The molecule has 0 amide bonds. The molecule has 0 bridgehead atoms. The quantitative estimate of drug-likeness (QED) is 0.774. The Hall–Kier alpha value is -2.61. The van der Waals surface area contributed by atoms with E-state index in [4.69, 9.17) is 4.42 Å². The number of oxazole rings is 1. The van der Waals surface area contributed by atoms with E-state index in [2.05, 4.69) is 9.71 Å². The van der Waals surface area contributed by atoms with Crippen LogP contribution in [0.5, 0.6) is 0 Å². The van der Waals surface area contributed by atoms with Gasteiger partial charge in [0.2, 0.25) is 0 Å². The molecule has 3 rings (SSSR count). The Kier molecular flexibility index (Phi) is 3.95. The van der Waals surface area contributed by atoms with E-state index in [1.54, 1.807) is 26.1 Å². The highest BCUT2D eigenvalue weighted by molar-refractivity contribution is 7.92. The van der Waals surface area contributed by atoms with Crippen LogP contribution in [0.3, 0.4) is 0 Å². The monoisotopic (exact) mass is 361 g/mol. The Bertz CT molecular complexity index is 1130. The minimum atomic E-state index is -3.87. The van der Waals surface area contributed by atoms with Gasteiger partial charge in [0.05, 0.1) is 10.4 Å². The summed E-state index contributed by atoms with van der Waals surface area (Å²) in [7, 11) is -2.30. The van der Waals surface area contributed by atoms with Crippen LogP contribution in [0.4, 0.5) is 5.82 Å². The molecule has 0 aliphatic carbocycles. The van der Waals surface area contributed by atoms with E-state index in [1.807, 2.05) is 20.8 Å². The molecule has 2 heterocycles. The van der Waals surface area contributed by atoms with Gasteiger partial charge in [-0.2, -0.15) is 0 Å². The number of anilines is 1. The van der Waals surface area contributed by atoms with Crippen molar-refractivity contribution in [2.24, 2.45) is 7.05 Å². The van der Waals surface area contributed by atoms with Gasteiger partial charge in [-0.05, 0) is 56.5 Å². The summed E-state index contributed by atoms with van der Waals surface area (Å²) in [5, 5.41) is 0. The molecule has 0 aliphatic heterocycles. The summed E-state index contributed by atoms with van der Waals surface area (Å²) in [6.45, 7) is 7.34. The fourth-order valence-corrected chi connectivity index (χ4v) is 3.92. The second-order valence-corrected chi connectivity index (χ2v) is 7.80. The second-order valence-electron chi connectivity index (χ2n) is 6.15. The minimum absolute atomic E-state index is 0.0482. The summed E-state index contributed by atoms with van der Waals surface area (Å²) in [5.41, 5.74) is 4.01. The van der Waals surface area contributed by atoms with Crippen molar-refractivity contribution in [1.82, 2.24) is 9.55 Å². The lowest BCUT2D eigenvalue weighted by atomic mass is 10.1. The van der Waals surface area contributed by atoms with Crippen molar-refractivity contribution >= 4 is 26.9 Å². The highest BCUT2D eigenvalue weighted by atomic mass is 32.2. The molecule has 1 aromatic carbocycles. The van der Waals surface area contributed by atoms with Crippen molar-refractivity contribution < 1.29 is 12.8 Å². The summed E-state index contributed by atoms with van der Waals surface area (Å²) in [6.07, 6.45) is 0. The molecule has 25 heavy (non-hydrogen) atoms. The molecule has 0 saturated carbocycles. The van der Waals surface area contributed by atoms with Gasteiger partial charge in [0, 0.05) is 18.8 Å². The van der Waals surface area contributed by atoms with E-state index in [0.717, 1.165) is 16.8 Å². The van der Waals surface area contributed by atoms with Gasteiger partial charge in [0.15, 0.2) is 5.58 Å². The lowest BCUT2D eigenvalue weighted by Gasteiger charge is -2.12. The Balaban J connectivity index is 2.10. The first-order valence-electron chi connectivity index (χ1n) is 7.68. The van der Waals surface area contributed by atoms with E-state index >= 15 is 0 Å². The number of benzene rings is 1. The molecule has 0 atom stereocenters. The normalized spacial score (nSPS) is 11.9. The van der Waals surface area contributed by atoms with Crippen LogP contribution in [0.15, 0.2) is 32.3 Å². The SMILES string of the molecule is Cc1cc2c(cc1S(=O)(=O)Nc1cc(C)c(C)c(C)n1)oc(=O)n2C. The first-order valence-corrected chi connectivity index (χ1v) is 9.16. The van der Waals surface area contributed by atoms with Crippen LogP contribution < -0.4 is 10.5 Å². The van der Waals surface area contributed by atoms with Crippen LogP contribution in [-0.4, -0.2) is 18.0 Å². The molecule has 0 saturated heterocycles. The second kappa shape index (κ2) is 5.73. The third-order valence-corrected chi connectivity index (χ3v) is 5.89. The Morgan fingerprint density at radius 1 is 1.08 bits per heavy atom. The molecular weight excluding hydrogens is 342 g/mol. The van der Waals surface area contributed by atoms with Crippen molar-refractivity contribution in [3.63, 3.8) is 0 Å². The number of rotatable bonds is 3. The maximum Gasteiger partial charge on any atom is 0.419 e. The number of fused-ring (bicyclic) bond motifs is 1. The molecule has 132 valence electrons. The van der Waals surface area contributed by atoms with Crippen molar-refractivity contribution in [3.8, 4) is 0 Å². The summed E-state index contributed by atoms with van der Waals surface area (Å²) in [5.74, 6) is -0.280. The zero-order valence-electron chi connectivity index (χ0n) is 14.7. The molecule has 8 heteroatoms. The van der Waals surface area contributed by atoms with Crippen molar-refractivity contribution in [2.75, 3.05) is 4.72 Å². The summed E-state index contributed by atoms with van der Waals surface area (Å²) in [6, 6.07) is 4.67. The number of pyridine rings is 1. The van der Waals surface area contributed by atoms with Gasteiger partial charge in [-0.1, -0.05) is 0 Å². The molecule has 0 aliphatic rings. The molecule has 3 aromatic rings. The molecule has 0 spiro atoms. The van der Waals surface area contributed by atoms with Gasteiger partial charge in [-0.25, -0.2) is 18.2 Å². The number of hydrogen-bond donors (Lipinski definition) is 1. The topological polar surface area (TPSA) is 94.2 Å². The van der Waals surface area contributed by atoms with E-state index in [1.165, 1.54) is 10.6 Å². The molecule has 0 unspecified atom stereocenters. The fraction of sp³-hybridized carbons (Fsp3) is 0.294. The van der Waals surface area contributed by atoms with Crippen molar-refractivity contribution in [3.05, 3.63) is 51.1 Å². The van der Waals surface area contributed by atoms with Crippen LogP contribution >= 0.6 is 0 Å². The van der Waals surface area contributed by atoms with E-state index in [-0.39, 0.29) is 16.3 Å². The van der Waals surface area contributed by atoms with Gasteiger partial charge < -0.3 is 4.42 Å². The van der Waals surface area contributed by atoms with Gasteiger partial charge in [0.1, 0.15) is 5.82 Å². The number of nitrogens with zero attached hydrogens (tertiary/aromatic N) is 2. The minimum Gasteiger partial charge on any atom is -0.408 e. The number of sulfonamides is 1. The molecule has 1 N–H and O–H groups in total. The molecular formula is C17H19N3O4S. The predicted molar refractivity (Wildman–Crippen MR) is 95.4 cm³/mol. The smallest absolute Gasteiger partial charge is 0.408 e. The standard InChI is InChI=1S/C17H19N3O4S/c1-9-7-16(18-12(4)11(9)3)19-25(22,23)15-8-14-13(6-10(15)2)20(5)17(21)24-14/h6-8H,1-5H3,(H,18,19). The molecule has 0 fully saturated rings. The van der Waals surface area contributed by atoms with Crippen LogP contribution in [-0.2, 0) is 17.1 Å². The highest BCUT2D eigenvalue weighted by Gasteiger charge is 2.21. The van der Waals surface area contributed by atoms with Gasteiger partial charge in [0.25, 0.3) is 10.0 Å². The first kappa shape index (κ1) is 17.2. The number of aryl methyl sites for hydroxylation is 4. The number of aromatic nitrogens is 2. The van der Waals surface area contributed by atoms with Crippen LogP contribution in [0.1, 0.15) is 22.4 Å². The summed E-state index contributed by atoms with van der Waals surface area (Å²) in [4.78, 5) is 16.0. The predicted octanol–water partition coefficient (Wildman–Crippen LogP) is 2.56. The number of nitrogens with one attached hydrogen (secondary N) is 1. The van der Waals surface area contributed by atoms with E-state index < -0.39 is 15.8 Å². The Morgan fingerprint density at radius 2 is 1.76 bits per heavy atom. The third-order valence-electron chi connectivity index (χ3n) is 4.39. The Labute approximate surface area is 145 Å². The van der Waals surface area contributed by atoms with E-state index in [9.17, 15) is 13.2 Å². The summed E-state index contributed by atoms with van der Waals surface area (Å²) >= 11 is 0. The maximum absolute atomic E-state index is 12.8. The van der Waals surface area contributed by atoms with Crippen molar-refractivity contribution in [1.29, 1.82) is 0 Å². The average molecular weight is 361 g/mol. The van der Waals surface area contributed by atoms with Crippen LogP contribution in [0.25, 0.3) is 11.1 Å². The highest BCUT2D eigenvalue weighted by Crippen LogP contribution is 2.25. The van der Waals surface area contributed by atoms with Crippen LogP contribution in [0.2, 0.25) is 0 Å². The number of hydrogen-bond acceptors (Lipinski definition) is 5. The third kappa shape index (κ3) is 2.93. The largest absolute Gasteiger partial charge is 0.419 e. The van der Waals surface area contributed by atoms with Gasteiger partial charge in [-0.3, -0.25) is 9.29 Å². The molecule has 0 radical (unpaired) electrons. The lowest BCUT2D eigenvalue weighted by Crippen LogP contribution is -2.16. The maximum atomic E-state index is 12.8. The first-order chi connectivity index (χ1) is 11.6.